The van der Waals surface area contributed by atoms with Crippen LogP contribution in [0.1, 0.15) is 38.7 Å². The third-order valence-corrected chi connectivity index (χ3v) is 5.89. The largest absolute Gasteiger partial charge is 0.357 e. The molecule has 134 valence electrons. The molecule has 0 bridgehead atoms. The number of piperidine rings is 2. The van der Waals surface area contributed by atoms with Crippen molar-refractivity contribution in [2.24, 2.45) is 5.92 Å². The van der Waals surface area contributed by atoms with Gasteiger partial charge in [0.2, 0.25) is 17.7 Å². The van der Waals surface area contributed by atoms with Crippen molar-refractivity contribution in [3.05, 3.63) is 35.9 Å². The number of rotatable bonds is 2. The van der Waals surface area contributed by atoms with Gasteiger partial charge in [0, 0.05) is 20.5 Å². The van der Waals surface area contributed by atoms with Gasteiger partial charge in [-0.05, 0) is 37.7 Å². The molecule has 2 aliphatic rings. The summed E-state index contributed by atoms with van der Waals surface area (Å²) in [6.45, 7) is 3.90. The lowest BCUT2D eigenvalue weighted by Gasteiger charge is -2.55. The van der Waals surface area contributed by atoms with Crippen LogP contribution in [0.25, 0.3) is 0 Å². The number of likely N-dealkylation sites (tertiary alicyclic amines) is 1. The molecule has 3 atom stereocenters. The lowest BCUT2D eigenvalue weighted by Crippen LogP contribution is -2.74. The van der Waals surface area contributed by atoms with E-state index in [1.807, 2.05) is 37.3 Å². The topological polar surface area (TPSA) is 78.5 Å². The van der Waals surface area contributed by atoms with Crippen molar-refractivity contribution in [2.75, 3.05) is 13.6 Å². The molecule has 0 spiro atoms. The van der Waals surface area contributed by atoms with E-state index in [9.17, 15) is 14.4 Å². The highest BCUT2D eigenvalue weighted by molar-refractivity contribution is 5.99. The van der Waals surface area contributed by atoms with Crippen LogP contribution in [0, 0.1) is 5.92 Å². The van der Waals surface area contributed by atoms with Gasteiger partial charge >= 0.3 is 0 Å². The summed E-state index contributed by atoms with van der Waals surface area (Å²) in [4.78, 5) is 39.8. The van der Waals surface area contributed by atoms with Crippen LogP contribution in [0.3, 0.4) is 0 Å². The Labute approximate surface area is 148 Å². The van der Waals surface area contributed by atoms with Crippen LogP contribution in [0.15, 0.2) is 30.3 Å². The molecule has 0 aliphatic carbocycles. The fourth-order valence-corrected chi connectivity index (χ4v) is 4.47. The van der Waals surface area contributed by atoms with Crippen LogP contribution in [0.5, 0.6) is 0 Å². The van der Waals surface area contributed by atoms with E-state index < -0.39 is 11.1 Å². The lowest BCUT2D eigenvalue weighted by molar-refractivity contribution is -0.162. The van der Waals surface area contributed by atoms with Gasteiger partial charge in [0.25, 0.3) is 0 Å². The van der Waals surface area contributed by atoms with Crippen molar-refractivity contribution >= 4 is 17.7 Å². The van der Waals surface area contributed by atoms with Gasteiger partial charge in [0.15, 0.2) is 0 Å². The zero-order valence-electron chi connectivity index (χ0n) is 15.0. The second-order valence-corrected chi connectivity index (χ2v) is 7.17. The minimum absolute atomic E-state index is 0.0728. The van der Waals surface area contributed by atoms with Crippen molar-refractivity contribution in [1.29, 1.82) is 0 Å². The highest BCUT2D eigenvalue weighted by Gasteiger charge is 2.59. The molecule has 0 saturated carbocycles. The Hall–Kier alpha value is -2.37. The smallest absolute Gasteiger partial charge is 0.250 e. The second kappa shape index (κ2) is 6.17. The first-order valence-corrected chi connectivity index (χ1v) is 8.75. The summed E-state index contributed by atoms with van der Waals surface area (Å²) in [5.74, 6) is -0.661. The zero-order valence-corrected chi connectivity index (χ0v) is 15.0. The van der Waals surface area contributed by atoms with Gasteiger partial charge in [0.05, 0.1) is 0 Å². The summed E-state index contributed by atoms with van der Waals surface area (Å²) in [5, 5.41) is 5.68. The van der Waals surface area contributed by atoms with E-state index in [4.69, 9.17) is 0 Å². The number of likely N-dealkylation sites (N-methyl/N-ethyl adjacent to an activating group) is 1. The summed E-state index contributed by atoms with van der Waals surface area (Å²) in [6, 6.07) is 9.34. The molecule has 3 amide bonds. The Morgan fingerprint density at radius 3 is 2.56 bits per heavy atom. The first-order chi connectivity index (χ1) is 11.9. The molecule has 1 aromatic rings. The van der Waals surface area contributed by atoms with Gasteiger partial charge < -0.3 is 15.5 Å². The number of amides is 3. The standard InChI is InChI=1S/C19H25N3O3/c1-13(23)22-11-7-10-15-12-19(17(25)20-3,14-8-5-4-6-9-14)21-16(24)18(15,22)2/h4-6,8-9,15H,7,10-12H2,1-3H3,(H,20,25)(H,21,24)/t15-,18-,19+/m0/s1. The number of hydrogen-bond acceptors (Lipinski definition) is 3. The number of carbonyl (C=O) groups excluding carboxylic acids is 3. The summed E-state index contributed by atoms with van der Waals surface area (Å²) < 4.78 is 0. The first kappa shape index (κ1) is 17.5. The molecule has 6 nitrogen and oxygen atoms in total. The molecule has 2 heterocycles. The average molecular weight is 343 g/mol. The van der Waals surface area contributed by atoms with Crippen LogP contribution < -0.4 is 10.6 Å². The number of carbonyl (C=O) groups is 3. The average Bonchev–Trinajstić information content (AvgIpc) is 2.61. The van der Waals surface area contributed by atoms with E-state index in [-0.39, 0.29) is 23.6 Å². The van der Waals surface area contributed by atoms with Gasteiger partial charge in [-0.25, -0.2) is 0 Å². The van der Waals surface area contributed by atoms with Crippen molar-refractivity contribution in [2.45, 2.75) is 44.2 Å². The Bertz CT molecular complexity index is 705. The summed E-state index contributed by atoms with van der Waals surface area (Å²) >= 11 is 0. The van der Waals surface area contributed by atoms with E-state index in [0.717, 1.165) is 18.4 Å². The maximum absolute atomic E-state index is 13.2. The molecular formula is C19H25N3O3. The Morgan fingerprint density at radius 1 is 1.28 bits per heavy atom. The summed E-state index contributed by atoms with van der Waals surface area (Å²) in [7, 11) is 1.58. The second-order valence-electron chi connectivity index (χ2n) is 7.17. The number of hydrogen-bond donors (Lipinski definition) is 2. The SMILES string of the molecule is CNC(=O)[C@]1(c2ccccc2)C[C@@H]2CCCN(C(C)=O)[C@]2(C)C(=O)N1. The molecule has 2 N–H and O–H groups in total. The maximum Gasteiger partial charge on any atom is 0.250 e. The molecule has 0 unspecified atom stereocenters. The number of benzene rings is 1. The molecule has 2 saturated heterocycles. The fraction of sp³-hybridized carbons (Fsp3) is 0.526. The van der Waals surface area contributed by atoms with E-state index in [0.29, 0.717) is 13.0 Å². The van der Waals surface area contributed by atoms with Crippen LogP contribution >= 0.6 is 0 Å². The van der Waals surface area contributed by atoms with E-state index in [2.05, 4.69) is 10.6 Å². The van der Waals surface area contributed by atoms with Crippen molar-refractivity contribution in [3.63, 3.8) is 0 Å². The van der Waals surface area contributed by atoms with Crippen molar-refractivity contribution < 1.29 is 14.4 Å². The molecule has 0 radical (unpaired) electrons. The maximum atomic E-state index is 13.2. The predicted molar refractivity (Wildman–Crippen MR) is 93.5 cm³/mol. The van der Waals surface area contributed by atoms with Gasteiger partial charge in [-0.15, -0.1) is 0 Å². The fourth-order valence-electron chi connectivity index (χ4n) is 4.47. The highest BCUT2D eigenvalue weighted by Crippen LogP contribution is 2.45. The van der Waals surface area contributed by atoms with Crippen LogP contribution in [-0.4, -0.2) is 41.8 Å². The molecule has 1 aromatic carbocycles. The molecular weight excluding hydrogens is 318 g/mol. The van der Waals surface area contributed by atoms with Gasteiger partial charge in [-0.3, -0.25) is 14.4 Å². The van der Waals surface area contributed by atoms with Crippen LogP contribution in [0.4, 0.5) is 0 Å². The first-order valence-electron chi connectivity index (χ1n) is 8.75. The van der Waals surface area contributed by atoms with Crippen molar-refractivity contribution in [1.82, 2.24) is 15.5 Å². The normalized spacial score (nSPS) is 31.7. The Morgan fingerprint density at radius 2 is 1.96 bits per heavy atom. The number of fused-ring (bicyclic) bond motifs is 1. The van der Waals surface area contributed by atoms with Crippen molar-refractivity contribution in [3.8, 4) is 0 Å². The minimum Gasteiger partial charge on any atom is -0.357 e. The van der Waals surface area contributed by atoms with Gasteiger partial charge in [-0.2, -0.15) is 0 Å². The third-order valence-electron chi connectivity index (χ3n) is 5.89. The lowest BCUT2D eigenvalue weighted by atomic mass is 9.65. The predicted octanol–water partition coefficient (Wildman–Crippen LogP) is 1.16. The monoisotopic (exact) mass is 343 g/mol. The molecule has 3 rings (SSSR count). The Kier molecular flexibility index (Phi) is 4.31. The summed E-state index contributed by atoms with van der Waals surface area (Å²) in [5.41, 5.74) is -1.24. The van der Waals surface area contributed by atoms with E-state index in [1.165, 1.54) is 6.92 Å². The van der Waals surface area contributed by atoms with Crippen LogP contribution in [-0.2, 0) is 19.9 Å². The highest BCUT2D eigenvalue weighted by atomic mass is 16.2. The van der Waals surface area contributed by atoms with E-state index >= 15 is 0 Å². The molecule has 25 heavy (non-hydrogen) atoms. The number of nitrogens with zero attached hydrogens (tertiary/aromatic N) is 1. The van der Waals surface area contributed by atoms with Gasteiger partial charge in [-0.1, -0.05) is 30.3 Å². The molecule has 2 fully saturated rings. The quantitative estimate of drug-likeness (QED) is 0.846. The van der Waals surface area contributed by atoms with Crippen LogP contribution in [0.2, 0.25) is 0 Å². The number of nitrogens with one attached hydrogen (secondary N) is 2. The van der Waals surface area contributed by atoms with Gasteiger partial charge in [0.1, 0.15) is 11.1 Å². The molecule has 2 aliphatic heterocycles. The summed E-state index contributed by atoms with van der Waals surface area (Å²) in [6.07, 6.45) is 2.13. The van der Waals surface area contributed by atoms with E-state index in [1.54, 1.807) is 11.9 Å². The molecule has 0 aromatic heterocycles. The molecule has 6 heteroatoms. The third kappa shape index (κ3) is 2.51. The minimum atomic E-state index is -1.10. The Balaban J connectivity index is 2.08. The zero-order chi connectivity index (χ0) is 18.2.